The van der Waals surface area contributed by atoms with E-state index in [1.54, 1.807) is 7.11 Å². The van der Waals surface area contributed by atoms with Gasteiger partial charge in [-0.15, -0.1) is 0 Å². The average Bonchev–Trinajstić information content (AvgIpc) is 2.90. The monoisotopic (exact) mass is 304 g/mol. The van der Waals surface area contributed by atoms with Crippen LogP contribution >= 0.6 is 24.0 Å². The predicted octanol–water partition coefficient (Wildman–Crippen LogP) is 2.97. The standard InChI is InChI=1S/C14H12N2O2S2/c1-7-9(6-12-13(17)16-14(19)20-12)10-5-8(18-2)3-4-11(10)15-7/h3-6,15H,1-2H3,(H,16,17,19)/b12-6-. The zero-order valence-electron chi connectivity index (χ0n) is 10.9. The summed E-state index contributed by atoms with van der Waals surface area (Å²) in [5.41, 5.74) is 3.01. The molecular weight excluding hydrogens is 292 g/mol. The third kappa shape index (κ3) is 2.21. The van der Waals surface area contributed by atoms with Crippen molar-refractivity contribution in [3.05, 3.63) is 34.4 Å². The number of thiocarbonyl (C=S) groups is 1. The lowest BCUT2D eigenvalue weighted by Gasteiger charge is -2.00. The van der Waals surface area contributed by atoms with Crippen LogP contribution in [0.1, 0.15) is 11.3 Å². The molecular formula is C14H12N2O2S2. The topological polar surface area (TPSA) is 54.1 Å². The van der Waals surface area contributed by atoms with E-state index in [4.69, 9.17) is 17.0 Å². The van der Waals surface area contributed by atoms with Crippen LogP contribution in [0, 0.1) is 6.92 Å². The van der Waals surface area contributed by atoms with Gasteiger partial charge in [-0.1, -0.05) is 24.0 Å². The summed E-state index contributed by atoms with van der Waals surface area (Å²) in [5, 5.41) is 3.65. The number of ether oxygens (including phenoxy) is 1. The van der Waals surface area contributed by atoms with Crippen molar-refractivity contribution < 1.29 is 9.53 Å². The molecule has 1 saturated heterocycles. The number of aromatic amines is 1. The number of nitrogens with one attached hydrogen (secondary N) is 2. The van der Waals surface area contributed by atoms with Gasteiger partial charge in [-0.25, -0.2) is 0 Å². The molecule has 6 heteroatoms. The maximum Gasteiger partial charge on any atom is 0.263 e. The number of aryl methyl sites for hydroxylation is 1. The molecule has 0 aliphatic carbocycles. The molecule has 4 nitrogen and oxygen atoms in total. The maximum absolute atomic E-state index is 11.8. The summed E-state index contributed by atoms with van der Waals surface area (Å²) in [6, 6.07) is 5.83. The first-order valence-corrected chi connectivity index (χ1v) is 7.22. The van der Waals surface area contributed by atoms with Gasteiger partial charge < -0.3 is 15.0 Å². The van der Waals surface area contributed by atoms with E-state index in [1.807, 2.05) is 31.2 Å². The Labute approximate surface area is 125 Å². The molecule has 0 bridgehead atoms. The summed E-state index contributed by atoms with van der Waals surface area (Å²) in [7, 11) is 1.64. The van der Waals surface area contributed by atoms with E-state index in [-0.39, 0.29) is 5.91 Å². The molecule has 20 heavy (non-hydrogen) atoms. The molecule has 0 radical (unpaired) electrons. The van der Waals surface area contributed by atoms with Gasteiger partial charge in [-0.2, -0.15) is 0 Å². The van der Waals surface area contributed by atoms with Crippen LogP contribution in [0.2, 0.25) is 0 Å². The van der Waals surface area contributed by atoms with Crippen LogP contribution in [0.3, 0.4) is 0 Å². The van der Waals surface area contributed by atoms with Crippen LogP contribution in [0.25, 0.3) is 17.0 Å². The fraction of sp³-hybridized carbons (Fsp3) is 0.143. The molecule has 3 rings (SSSR count). The highest BCUT2D eigenvalue weighted by Gasteiger charge is 2.23. The van der Waals surface area contributed by atoms with Gasteiger partial charge in [0.25, 0.3) is 5.91 Å². The molecule has 1 aliphatic rings. The zero-order valence-corrected chi connectivity index (χ0v) is 12.6. The number of thioether (sulfide) groups is 1. The van der Waals surface area contributed by atoms with Gasteiger partial charge >= 0.3 is 0 Å². The van der Waals surface area contributed by atoms with E-state index in [1.165, 1.54) is 11.8 Å². The fourth-order valence-corrected chi connectivity index (χ4v) is 3.22. The number of aromatic nitrogens is 1. The number of hydrogen-bond acceptors (Lipinski definition) is 4. The summed E-state index contributed by atoms with van der Waals surface area (Å²) >= 11 is 6.29. The Bertz CT molecular complexity index is 762. The predicted molar refractivity (Wildman–Crippen MR) is 85.9 cm³/mol. The minimum Gasteiger partial charge on any atom is -0.497 e. The summed E-state index contributed by atoms with van der Waals surface area (Å²) < 4.78 is 5.75. The number of carbonyl (C=O) groups is 1. The first kappa shape index (κ1) is 13.2. The molecule has 1 fully saturated rings. The first-order valence-electron chi connectivity index (χ1n) is 5.99. The summed E-state index contributed by atoms with van der Waals surface area (Å²) in [4.78, 5) is 15.7. The molecule has 0 spiro atoms. The Morgan fingerprint density at radius 1 is 1.40 bits per heavy atom. The van der Waals surface area contributed by atoms with Crippen molar-refractivity contribution in [2.45, 2.75) is 6.92 Å². The van der Waals surface area contributed by atoms with E-state index in [9.17, 15) is 4.79 Å². The van der Waals surface area contributed by atoms with Crippen LogP contribution in [-0.4, -0.2) is 22.3 Å². The smallest absolute Gasteiger partial charge is 0.263 e. The molecule has 0 saturated carbocycles. The summed E-state index contributed by atoms with van der Waals surface area (Å²) in [6.45, 7) is 1.98. The minimum absolute atomic E-state index is 0.142. The Morgan fingerprint density at radius 3 is 2.85 bits per heavy atom. The van der Waals surface area contributed by atoms with Crippen molar-refractivity contribution in [3.63, 3.8) is 0 Å². The third-order valence-electron chi connectivity index (χ3n) is 3.16. The van der Waals surface area contributed by atoms with Crippen LogP contribution in [-0.2, 0) is 4.79 Å². The second-order valence-corrected chi connectivity index (χ2v) is 6.15. The van der Waals surface area contributed by atoms with Gasteiger partial charge in [0.15, 0.2) is 0 Å². The number of methoxy groups -OCH3 is 1. The van der Waals surface area contributed by atoms with E-state index in [0.29, 0.717) is 9.23 Å². The highest BCUT2D eigenvalue weighted by molar-refractivity contribution is 8.26. The second-order valence-electron chi connectivity index (χ2n) is 4.43. The largest absolute Gasteiger partial charge is 0.497 e. The van der Waals surface area contributed by atoms with Gasteiger partial charge in [0.1, 0.15) is 10.1 Å². The van der Waals surface area contributed by atoms with Gasteiger partial charge in [0, 0.05) is 22.2 Å². The summed E-state index contributed by atoms with van der Waals surface area (Å²) in [5.74, 6) is 0.645. The molecule has 2 aromatic rings. The highest BCUT2D eigenvalue weighted by atomic mass is 32.2. The molecule has 1 aromatic carbocycles. The number of carbonyl (C=O) groups excluding carboxylic acids is 1. The normalized spacial score (nSPS) is 17.0. The van der Waals surface area contributed by atoms with Gasteiger partial charge in [0.2, 0.25) is 0 Å². The second kappa shape index (κ2) is 4.96. The van der Waals surface area contributed by atoms with Crippen LogP contribution < -0.4 is 10.1 Å². The molecule has 1 amide bonds. The Hall–Kier alpha value is -1.79. The van der Waals surface area contributed by atoms with E-state index in [0.717, 1.165) is 27.9 Å². The number of amides is 1. The highest BCUT2D eigenvalue weighted by Crippen LogP contribution is 2.32. The molecule has 2 heterocycles. The number of rotatable bonds is 2. The average molecular weight is 304 g/mol. The Morgan fingerprint density at radius 2 is 2.20 bits per heavy atom. The number of H-pyrrole nitrogens is 1. The quantitative estimate of drug-likeness (QED) is 0.661. The van der Waals surface area contributed by atoms with Crippen LogP contribution in [0.4, 0.5) is 0 Å². The maximum atomic E-state index is 11.8. The van der Waals surface area contributed by atoms with Gasteiger partial charge in [-0.05, 0) is 31.2 Å². The zero-order chi connectivity index (χ0) is 14.3. The SMILES string of the molecule is COc1ccc2[nH]c(C)c(/C=C3\SC(=S)NC3=O)c2c1. The Balaban J connectivity index is 2.15. The molecule has 1 aromatic heterocycles. The van der Waals surface area contributed by atoms with Gasteiger partial charge in [0.05, 0.1) is 12.0 Å². The van der Waals surface area contributed by atoms with Crippen molar-refractivity contribution in [2.75, 3.05) is 7.11 Å². The fourth-order valence-electron chi connectivity index (χ4n) is 2.19. The van der Waals surface area contributed by atoms with Crippen LogP contribution in [0.15, 0.2) is 23.1 Å². The van der Waals surface area contributed by atoms with E-state index in [2.05, 4.69) is 10.3 Å². The Kier molecular flexibility index (Phi) is 3.27. The van der Waals surface area contributed by atoms with Crippen molar-refractivity contribution in [1.29, 1.82) is 0 Å². The molecule has 2 N–H and O–H groups in total. The van der Waals surface area contributed by atoms with Gasteiger partial charge in [-0.3, -0.25) is 4.79 Å². The number of fused-ring (bicyclic) bond motifs is 1. The molecule has 1 aliphatic heterocycles. The number of benzene rings is 1. The molecule has 0 unspecified atom stereocenters. The van der Waals surface area contributed by atoms with Crippen LogP contribution in [0.5, 0.6) is 5.75 Å². The summed E-state index contributed by atoms with van der Waals surface area (Å²) in [6.07, 6.45) is 1.87. The van der Waals surface area contributed by atoms with Crippen molar-refractivity contribution in [3.8, 4) is 5.75 Å². The lowest BCUT2D eigenvalue weighted by molar-refractivity contribution is -0.115. The van der Waals surface area contributed by atoms with E-state index >= 15 is 0 Å². The lowest BCUT2D eigenvalue weighted by Crippen LogP contribution is -2.17. The van der Waals surface area contributed by atoms with Crippen molar-refractivity contribution >= 4 is 51.2 Å². The first-order chi connectivity index (χ1) is 9.58. The number of hydrogen-bond donors (Lipinski definition) is 2. The third-order valence-corrected chi connectivity index (χ3v) is 4.32. The van der Waals surface area contributed by atoms with Crippen molar-refractivity contribution in [2.24, 2.45) is 0 Å². The van der Waals surface area contributed by atoms with E-state index < -0.39 is 0 Å². The minimum atomic E-state index is -0.142. The lowest BCUT2D eigenvalue weighted by atomic mass is 10.1. The van der Waals surface area contributed by atoms with Crippen molar-refractivity contribution in [1.82, 2.24) is 10.3 Å². The molecule has 0 atom stereocenters. The molecule has 102 valence electrons.